The number of benzene rings is 2. The van der Waals surface area contributed by atoms with Crippen molar-refractivity contribution < 1.29 is 9.53 Å². The van der Waals surface area contributed by atoms with Crippen LogP contribution in [0.15, 0.2) is 47.2 Å². The summed E-state index contributed by atoms with van der Waals surface area (Å²) in [6.07, 6.45) is 1.38. The third-order valence-electron chi connectivity index (χ3n) is 3.27. The summed E-state index contributed by atoms with van der Waals surface area (Å²) >= 11 is 9.32. The zero-order valence-corrected chi connectivity index (χ0v) is 15.0. The van der Waals surface area contributed by atoms with E-state index in [4.69, 9.17) is 21.6 Å². The number of halogens is 2. The van der Waals surface area contributed by atoms with Gasteiger partial charge in [-0.1, -0.05) is 27.5 Å². The van der Waals surface area contributed by atoms with Crippen LogP contribution in [0, 0.1) is 11.3 Å². The minimum Gasteiger partial charge on any atom is -0.467 e. The predicted octanol–water partition coefficient (Wildman–Crippen LogP) is 3.93. The normalized spacial score (nSPS) is 10.3. The Kier molecular flexibility index (Phi) is 5.12. The Balaban J connectivity index is 1.70. The molecular weight excluding hydrogens is 408 g/mol. The Morgan fingerprint density at radius 1 is 1.28 bits per heavy atom. The average molecular weight is 418 g/mol. The summed E-state index contributed by atoms with van der Waals surface area (Å²) in [5.41, 5.74) is 1.54. The lowest BCUT2D eigenvalue weighted by Gasteiger charge is -2.09. The zero-order valence-electron chi connectivity index (χ0n) is 12.7. The van der Waals surface area contributed by atoms with E-state index < -0.39 is 0 Å². The number of anilines is 1. The molecule has 0 saturated carbocycles. The molecule has 3 aromatic rings. The summed E-state index contributed by atoms with van der Waals surface area (Å²) in [6.45, 7) is -0.226. The average Bonchev–Trinajstić information content (AvgIpc) is 2.60. The van der Waals surface area contributed by atoms with E-state index in [0.717, 1.165) is 4.47 Å². The Labute approximate surface area is 156 Å². The van der Waals surface area contributed by atoms with Crippen LogP contribution in [0.1, 0.15) is 5.56 Å². The van der Waals surface area contributed by atoms with E-state index in [1.807, 2.05) is 24.3 Å². The maximum absolute atomic E-state index is 12.1. The summed E-state index contributed by atoms with van der Waals surface area (Å²) in [5.74, 6) is -0.0538. The van der Waals surface area contributed by atoms with Gasteiger partial charge >= 0.3 is 0 Å². The van der Waals surface area contributed by atoms with Gasteiger partial charge in [0, 0.05) is 10.2 Å². The fraction of sp³-hybridized carbons (Fsp3) is 0.0588. The number of nitrogens with zero attached hydrogens (tertiary/aromatic N) is 3. The van der Waals surface area contributed by atoms with Crippen molar-refractivity contribution in [1.82, 2.24) is 9.97 Å². The molecule has 0 saturated heterocycles. The van der Waals surface area contributed by atoms with Crippen LogP contribution in [0.2, 0.25) is 5.02 Å². The van der Waals surface area contributed by atoms with Crippen molar-refractivity contribution in [3.63, 3.8) is 0 Å². The zero-order chi connectivity index (χ0) is 17.8. The molecule has 0 fully saturated rings. The van der Waals surface area contributed by atoms with Crippen molar-refractivity contribution in [2.45, 2.75) is 0 Å². The molecule has 124 valence electrons. The monoisotopic (exact) mass is 416 g/mol. The number of carbonyl (C=O) groups is 1. The highest BCUT2D eigenvalue weighted by molar-refractivity contribution is 9.10. The first kappa shape index (κ1) is 17.1. The molecule has 0 atom stereocenters. The van der Waals surface area contributed by atoms with Gasteiger partial charge in [0.05, 0.1) is 21.5 Å². The van der Waals surface area contributed by atoms with E-state index in [9.17, 15) is 4.79 Å². The molecule has 3 rings (SSSR count). The summed E-state index contributed by atoms with van der Waals surface area (Å²) in [6, 6.07) is 12.1. The highest BCUT2D eigenvalue weighted by atomic mass is 79.9. The Morgan fingerprint density at radius 2 is 2.12 bits per heavy atom. The van der Waals surface area contributed by atoms with Crippen molar-refractivity contribution in [1.29, 1.82) is 5.26 Å². The van der Waals surface area contributed by atoms with Crippen molar-refractivity contribution in [3.05, 3.63) is 57.8 Å². The summed E-state index contributed by atoms with van der Waals surface area (Å²) in [5, 5.41) is 12.5. The van der Waals surface area contributed by atoms with E-state index in [2.05, 4.69) is 31.2 Å². The van der Waals surface area contributed by atoms with Crippen LogP contribution in [0.5, 0.6) is 5.88 Å². The number of hydrogen-bond acceptors (Lipinski definition) is 5. The molecule has 6 nitrogen and oxygen atoms in total. The molecule has 0 spiro atoms. The summed E-state index contributed by atoms with van der Waals surface area (Å²) in [7, 11) is 0. The highest BCUT2D eigenvalue weighted by Crippen LogP contribution is 2.25. The van der Waals surface area contributed by atoms with Crippen molar-refractivity contribution >= 4 is 50.0 Å². The van der Waals surface area contributed by atoms with Gasteiger partial charge < -0.3 is 10.1 Å². The molecule has 0 radical (unpaired) electrons. The van der Waals surface area contributed by atoms with Crippen LogP contribution in [0.3, 0.4) is 0 Å². The summed E-state index contributed by atoms with van der Waals surface area (Å²) in [4.78, 5) is 20.3. The molecule has 0 aliphatic heterocycles. The Hall–Kier alpha value is -2.69. The second-order valence-corrected chi connectivity index (χ2v) is 6.31. The molecule has 2 aromatic carbocycles. The van der Waals surface area contributed by atoms with Crippen LogP contribution < -0.4 is 10.1 Å². The van der Waals surface area contributed by atoms with Gasteiger partial charge in [-0.15, -0.1) is 0 Å². The second-order valence-electron chi connectivity index (χ2n) is 4.98. The number of hydrogen-bond donors (Lipinski definition) is 1. The van der Waals surface area contributed by atoms with E-state index >= 15 is 0 Å². The summed E-state index contributed by atoms with van der Waals surface area (Å²) < 4.78 is 6.37. The first-order valence-corrected chi connectivity index (χ1v) is 8.26. The third-order valence-corrected chi connectivity index (χ3v) is 4.08. The molecule has 0 bridgehead atoms. The molecule has 1 N–H and O–H groups in total. The lowest BCUT2D eigenvalue weighted by molar-refractivity contribution is -0.118. The maximum atomic E-state index is 12.1. The third kappa shape index (κ3) is 4.05. The number of aromatic nitrogens is 2. The Morgan fingerprint density at radius 3 is 2.88 bits per heavy atom. The van der Waals surface area contributed by atoms with Gasteiger partial charge in [-0.2, -0.15) is 5.26 Å². The Bertz CT molecular complexity index is 1000. The van der Waals surface area contributed by atoms with Gasteiger partial charge in [-0.25, -0.2) is 9.97 Å². The smallest absolute Gasteiger partial charge is 0.262 e. The van der Waals surface area contributed by atoms with Gasteiger partial charge in [0.15, 0.2) is 6.61 Å². The second kappa shape index (κ2) is 7.47. The van der Waals surface area contributed by atoms with Gasteiger partial charge in [-0.3, -0.25) is 4.79 Å². The molecule has 1 heterocycles. The number of ether oxygens (including phenoxy) is 1. The van der Waals surface area contributed by atoms with Crippen LogP contribution in [-0.2, 0) is 4.79 Å². The lowest BCUT2D eigenvalue weighted by atomic mass is 10.2. The number of amides is 1. The minimum atomic E-state index is -0.373. The van der Waals surface area contributed by atoms with E-state index in [-0.39, 0.29) is 17.5 Å². The van der Waals surface area contributed by atoms with Gasteiger partial charge in [0.2, 0.25) is 5.88 Å². The first-order chi connectivity index (χ1) is 12.1. The molecule has 0 unspecified atom stereocenters. The predicted molar refractivity (Wildman–Crippen MR) is 97.5 cm³/mol. The molecule has 0 aliphatic rings. The maximum Gasteiger partial charge on any atom is 0.262 e. The van der Waals surface area contributed by atoms with Gasteiger partial charge in [-0.05, 0) is 36.4 Å². The standard InChI is InChI=1S/C17H10BrClN4O2/c18-11-2-4-15-13(5-11)17(22-9-21-15)25-8-16(24)23-12-3-1-10(7-20)14(19)6-12/h1-6,9H,8H2,(H,23,24). The molecule has 25 heavy (non-hydrogen) atoms. The van der Waals surface area contributed by atoms with Crippen LogP contribution in [0.4, 0.5) is 5.69 Å². The van der Waals surface area contributed by atoms with E-state index in [1.54, 1.807) is 6.07 Å². The van der Waals surface area contributed by atoms with Crippen LogP contribution in [0.25, 0.3) is 10.9 Å². The van der Waals surface area contributed by atoms with Crippen LogP contribution >= 0.6 is 27.5 Å². The number of nitriles is 1. The van der Waals surface area contributed by atoms with Crippen molar-refractivity contribution in [2.75, 3.05) is 11.9 Å². The molecular formula is C17H10BrClN4O2. The molecule has 1 amide bonds. The fourth-order valence-electron chi connectivity index (χ4n) is 2.13. The van der Waals surface area contributed by atoms with Crippen molar-refractivity contribution in [2.24, 2.45) is 0 Å². The number of nitrogens with one attached hydrogen (secondary N) is 1. The van der Waals surface area contributed by atoms with E-state index in [1.165, 1.54) is 18.5 Å². The highest BCUT2D eigenvalue weighted by Gasteiger charge is 2.10. The van der Waals surface area contributed by atoms with E-state index in [0.29, 0.717) is 28.0 Å². The molecule has 8 heteroatoms. The SMILES string of the molecule is N#Cc1ccc(NC(=O)COc2ncnc3ccc(Br)cc23)cc1Cl. The fourth-order valence-corrected chi connectivity index (χ4v) is 2.72. The lowest BCUT2D eigenvalue weighted by Crippen LogP contribution is -2.20. The number of rotatable bonds is 4. The molecule has 1 aromatic heterocycles. The van der Waals surface area contributed by atoms with Crippen LogP contribution in [-0.4, -0.2) is 22.5 Å². The number of fused-ring (bicyclic) bond motifs is 1. The van der Waals surface area contributed by atoms with Gasteiger partial charge in [0.1, 0.15) is 12.4 Å². The molecule has 0 aliphatic carbocycles. The number of carbonyl (C=O) groups excluding carboxylic acids is 1. The largest absolute Gasteiger partial charge is 0.467 e. The van der Waals surface area contributed by atoms with Gasteiger partial charge in [0.25, 0.3) is 5.91 Å². The quantitative estimate of drug-likeness (QED) is 0.695. The van der Waals surface area contributed by atoms with Crippen molar-refractivity contribution in [3.8, 4) is 11.9 Å². The first-order valence-electron chi connectivity index (χ1n) is 7.09. The topological polar surface area (TPSA) is 87.9 Å². The minimum absolute atomic E-state index is 0.226.